The molecular weight excluding hydrogens is 272 g/mol. The van der Waals surface area contributed by atoms with E-state index in [2.05, 4.69) is 11.8 Å². The molecule has 5 heteroatoms. The van der Waals surface area contributed by atoms with Gasteiger partial charge in [0.15, 0.2) is 0 Å². The van der Waals surface area contributed by atoms with Crippen LogP contribution in [0.5, 0.6) is 0 Å². The Balaban J connectivity index is 2.13. The van der Waals surface area contributed by atoms with Crippen LogP contribution in [0.1, 0.15) is 33.5 Å². The summed E-state index contributed by atoms with van der Waals surface area (Å²) in [5.74, 6) is 5.99. The van der Waals surface area contributed by atoms with Crippen molar-refractivity contribution in [2.24, 2.45) is 11.7 Å². The van der Waals surface area contributed by atoms with Crippen molar-refractivity contribution in [1.29, 1.82) is 0 Å². The average molecular weight is 292 g/mol. The highest BCUT2D eigenvalue weighted by Gasteiger charge is 2.28. The molecule has 2 heterocycles. The third kappa shape index (κ3) is 3.21. The van der Waals surface area contributed by atoms with Crippen LogP contribution >= 0.6 is 11.3 Å². The van der Waals surface area contributed by atoms with E-state index < -0.39 is 0 Å². The van der Waals surface area contributed by atoms with Crippen LogP contribution in [0.25, 0.3) is 0 Å². The van der Waals surface area contributed by atoms with E-state index >= 15 is 0 Å². The van der Waals surface area contributed by atoms with Crippen LogP contribution < -0.4 is 5.73 Å². The molecular formula is C15H20N2O2S. The van der Waals surface area contributed by atoms with Crippen molar-refractivity contribution in [3.63, 3.8) is 0 Å². The summed E-state index contributed by atoms with van der Waals surface area (Å²) in [7, 11) is 0. The lowest BCUT2D eigenvalue weighted by molar-refractivity contribution is 0.0300. The number of aryl methyl sites for hydroxylation is 1. The molecule has 0 bridgehead atoms. The van der Waals surface area contributed by atoms with Gasteiger partial charge >= 0.3 is 0 Å². The van der Waals surface area contributed by atoms with Crippen LogP contribution in [-0.2, 0) is 0 Å². The van der Waals surface area contributed by atoms with Gasteiger partial charge in [0.1, 0.15) is 0 Å². The fourth-order valence-corrected chi connectivity index (χ4v) is 3.33. The largest absolute Gasteiger partial charge is 0.393 e. The lowest BCUT2D eigenvalue weighted by atomic mass is 9.96. The standard InChI is InChI=1S/C15H20N2O2S/c1-10-8-14(20-13(10)4-3-6-16)15(19)17-7-5-12(18)11(2)9-17/h8,11-12,18H,5-7,9,16H2,1-2H3. The molecule has 1 saturated heterocycles. The molecule has 2 rings (SSSR count). The second-order valence-corrected chi connectivity index (χ2v) is 6.27. The van der Waals surface area contributed by atoms with Crippen LogP contribution in [0.2, 0.25) is 0 Å². The maximum atomic E-state index is 12.5. The molecule has 1 amide bonds. The molecule has 2 unspecified atom stereocenters. The highest BCUT2D eigenvalue weighted by molar-refractivity contribution is 7.14. The Bertz CT molecular complexity index is 556. The number of nitrogens with two attached hydrogens (primary N) is 1. The number of hydrogen-bond acceptors (Lipinski definition) is 4. The number of amides is 1. The molecule has 0 saturated carbocycles. The highest BCUT2D eigenvalue weighted by atomic mass is 32.1. The van der Waals surface area contributed by atoms with Gasteiger partial charge in [-0.3, -0.25) is 4.79 Å². The molecule has 4 nitrogen and oxygen atoms in total. The molecule has 1 aromatic rings. The summed E-state index contributed by atoms with van der Waals surface area (Å²) < 4.78 is 0. The maximum Gasteiger partial charge on any atom is 0.263 e. The number of likely N-dealkylation sites (tertiary alicyclic amines) is 1. The number of rotatable bonds is 1. The van der Waals surface area contributed by atoms with Gasteiger partial charge in [0.25, 0.3) is 5.91 Å². The quantitative estimate of drug-likeness (QED) is 0.765. The Morgan fingerprint density at radius 3 is 3.05 bits per heavy atom. The Morgan fingerprint density at radius 2 is 2.40 bits per heavy atom. The first-order chi connectivity index (χ1) is 9.52. The molecule has 1 aliphatic rings. The summed E-state index contributed by atoms with van der Waals surface area (Å²) in [6, 6.07) is 1.89. The number of piperidine rings is 1. The van der Waals surface area contributed by atoms with Gasteiger partial charge in [-0.1, -0.05) is 18.8 Å². The zero-order valence-electron chi connectivity index (χ0n) is 11.8. The van der Waals surface area contributed by atoms with Crippen LogP contribution in [0.15, 0.2) is 6.07 Å². The number of aliphatic hydroxyl groups excluding tert-OH is 1. The molecule has 1 aromatic heterocycles. The number of aliphatic hydroxyl groups is 1. The average Bonchev–Trinajstić information content (AvgIpc) is 2.80. The molecule has 0 aromatic carbocycles. The van der Waals surface area contributed by atoms with Crippen molar-refractivity contribution in [3.05, 3.63) is 21.4 Å². The van der Waals surface area contributed by atoms with E-state index in [1.165, 1.54) is 11.3 Å². The Hall–Kier alpha value is -1.35. The molecule has 0 spiro atoms. The summed E-state index contributed by atoms with van der Waals surface area (Å²) in [6.07, 6.45) is 0.354. The lowest BCUT2D eigenvalue weighted by Gasteiger charge is -2.34. The molecule has 0 radical (unpaired) electrons. The monoisotopic (exact) mass is 292 g/mol. The van der Waals surface area contributed by atoms with E-state index in [1.807, 2.05) is 24.8 Å². The zero-order valence-corrected chi connectivity index (χ0v) is 12.7. The first kappa shape index (κ1) is 15.0. The van der Waals surface area contributed by atoms with Crippen LogP contribution in [0.4, 0.5) is 0 Å². The minimum atomic E-state index is -0.296. The Morgan fingerprint density at radius 1 is 1.65 bits per heavy atom. The van der Waals surface area contributed by atoms with Gasteiger partial charge in [0.2, 0.25) is 0 Å². The van der Waals surface area contributed by atoms with Crippen molar-refractivity contribution in [2.75, 3.05) is 19.6 Å². The number of hydrogen-bond donors (Lipinski definition) is 2. The maximum absolute atomic E-state index is 12.5. The number of carbonyl (C=O) groups excluding carboxylic acids is 1. The summed E-state index contributed by atoms with van der Waals surface area (Å²) in [4.78, 5) is 15.9. The summed E-state index contributed by atoms with van der Waals surface area (Å²) >= 11 is 1.42. The van der Waals surface area contributed by atoms with Crippen LogP contribution in [0.3, 0.4) is 0 Å². The van der Waals surface area contributed by atoms with Crippen molar-refractivity contribution in [2.45, 2.75) is 26.4 Å². The number of nitrogens with zero attached hydrogens (tertiary/aromatic N) is 1. The van der Waals surface area contributed by atoms with Crippen molar-refractivity contribution in [1.82, 2.24) is 4.90 Å². The number of carbonyl (C=O) groups is 1. The normalized spacial score (nSPS) is 22.3. The summed E-state index contributed by atoms with van der Waals surface area (Å²) in [5, 5.41) is 9.73. The van der Waals surface area contributed by atoms with Crippen LogP contribution in [-0.4, -0.2) is 41.7 Å². The molecule has 2 atom stereocenters. The summed E-state index contributed by atoms with van der Waals surface area (Å²) in [5.41, 5.74) is 6.39. The van der Waals surface area contributed by atoms with Crippen molar-refractivity contribution < 1.29 is 9.90 Å². The second kappa shape index (κ2) is 6.40. The Labute approximate surface area is 123 Å². The first-order valence-corrected chi connectivity index (χ1v) is 7.61. The van der Waals surface area contributed by atoms with E-state index in [4.69, 9.17) is 5.73 Å². The predicted octanol–water partition coefficient (Wildman–Crippen LogP) is 1.21. The van der Waals surface area contributed by atoms with E-state index in [0.717, 1.165) is 10.4 Å². The molecule has 1 aliphatic heterocycles. The van der Waals surface area contributed by atoms with E-state index in [-0.39, 0.29) is 17.9 Å². The van der Waals surface area contributed by atoms with E-state index in [0.29, 0.717) is 30.9 Å². The van der Waals surface area contributed by atoms with Gasteiger partial charge in [-0.05, 0) is 30.9 Å². The van der Waals surface area contributed by atoms with Gasteiger partial charge in [-0.15, -0.1) is 11.3 Å². The first-order valence-electron chi connectivity index (χ1n) is 6.79. The fourth-order valence-electron chi connectivity index (χ4n) is 2.32. The smallest absolute Gasteiger partial charge is 0.263 e. The van der Waals surface area contributed by atoms with Gasteiger partial charge in [0.05, 0.1) is 22.4 Å². The molecule has 3 N–H and O–H groups in total. The number of thiophene rings is 1. The van der Waals surface area contributed by atoms with Crippen LogP contribution in [0, 0.1) is 24.7 Å². The third-order valence-corrected chi connectivity index (χ3v) is 4.72. The zero-order chi connectivity index (χ0) is 14.7. The Kier molecular flexibility index (Phi) is 4.81. The molecule has 108 valence electrons. The fraction of sp³-hybridized carbons (Fsp3) is 0.533. The minimum absolute atomic E-state index is 0.0395. The van der Waals surface area contributed by atoms with E-state index in [9.17, 15) is 9.90 Å². The topological polar surface area (TPSA) is 66.6 Å². The van der Waals surface area contributed by atoms with Crippen molar-refractivity contribution >= 4 is 17.2 Å². The minimum Gasteiger partial charge on any atom is -0.393 e. The second-order valence-electron chi connectivity index (χ2n) is 5.21. The van der Waals surface area contributed by atoms with Gasteiger partial charge < -0.3 is 15.7 Å². The summed E-state index contributed by atoms with van der Waals surface area (Å²) in [6.45, 7) is 5.48. The third-order valence-electron chi connectivity index (χ3n) is 3.58. The van der Waals surface area contributed by atoms with Gasteiger partial charge in [-0.25, -0.2) is 0 Å². The molecule has 1 fully saturated rings. The molecule has 20 heavy (non-hydrogen) atoms. The SMILES string of the molecule is Cc1cc(C(=O)N2CCC(O)C(C)C2)sc1C#CCN. The predicted molar refractivity (Wildman–Crippen MR) is 80.7 cm³/mol. The van der Waals surface area contributed by atoms with Gasteiger partial charge in [-0.2, -0.15) is 0 Å². The van der Waals surface area contributed by atoms with Gasteiger partial charge in [0, 0.05) is 13.1 Å². The lowest BCUT2D eigenvalue weighted by Crippen LogP contribution is -2.44. The van der Waals surface area contributed by atoms with Crippen molar-refractivity contribution in [3.8, 4) is 11.8 Å². The highest BCUT2D eigenvalue weighted by Crippen LogP contribution is 2.25. The molecule has 0 aliphatic carbocycles. The van der Waals surface area contributed by atoms with E-state index in [1.54, 1.807) is 0 Å².